The summed E-state index contributed by atoms with van der Waals surface area (Å²) in [5.41, 5.74) is 0. The molecule has 0 aromatic carbocycles. The molecular weight excluding hydrogens is 160 g/mol. The van der Waals surface area contributed by atoms with Gasteiger partial charge in [-0.05, 0) is 51.9 Å². The molecule has 1 heterocycles. The van der Waals surface area contributed by atoms with Gasteiger partial charge in [0, 0.05) is 6.04 Å². The van der Waals surface area contributed by atoms with Crippen molar-refractivity contribution in [3.63, 3.8) is 0 Å². The first-order chi connectivity index (χ1) is 6.15. The predicted octanol–water partition coefficient (Wildman–Crippen LogP) is 1.57. The van der Waals surface area contributed by atoms with Crippen molar-refractivity contribution in [2.24, 2.45) is 11.8 Å². The summed E-state index contributed by atoms with van der Waals surface area (Å²) in [6, 6.07) is 0.716. The third-order valence-electron chi connectivity index (χ3n) is 3.32. The van der Waals surface area contributed by atoms with Crippen molar-refractivity contribution in [2.45, 2.75) is 32.7 Å². The Bertz CT molecular complexity index is 137. The van der Waals surface area contributed by atoms with E-state index in [1.807, 2.05) is 0 Å². The van der Waals surface area contributed by atoms with Gasteiger partial charge in [0.15, 0.2) is 0 Å². The molecule has 0 spiro atoms. The second kappa shape index (κ2) is 4.97. The summed E-state index contributed by atoms with van der Waals surface area (Å²) >= 11 is 0. The van der Waals surface area contributed by atoms with Gasteiger partial charge in [-0.15, -0.1) is 0 Å². The number of likely N-dealkylation sites (tertiary alicyclic amines) is 1. The molecular formula is C11H24N2. The Morgan fingerprint density at radius 1 is 1.23 bits per heavy atom. The second-order valence-corrected chi connectivity index (χ2v) is 4.70. The van der Waals surface area contributed by atoms with Gasteiger partial charge in [0.1, 0.15) is 0 Å². The van der Waals surface area contributed by atoms with Gasteiger partial charge in [-0.1, -0.05) is 13.8 Å². The van der Waals surface area contributed by atoms with E-state index in [-0.39, 0.29) is 0 Å². The van der Waals surface area contributed by atoms with E-state index in [0.717, 1.165) is 11.8 Å². The lowest BCUT2D eigenvalue weighted by atomic mass is 9.84. The molecule has 0 radical (unpaired) electrons. The van der Waals surface area contributed by atoms with Gasteiger partial charge in [-0.25, -0.2) is 0 Å². The van der Waals surface area contributed by atoms with Crippen LogP contribution in [-0.2, 0) is 0 Å². The summed E-state index contributed by atoms with van der Waals surface area (Å²) < 4.78 is 0. The van der Waals surface area contributed by atoms with E-state index < -0.39 is 0 Å². The molecule has 0 aromatic rings. The zero-order chi connectivity index (χ0) is 9.84. The zero-order valence-corrected chi connectivity index (χ0v) is 9.51. The number of piperidine rings is 1. The van der Waals surface area contributed by atoms with Crippen LogP contribution in [0, 0.1) is 11.8 Å². The van der Waals surface area contributed by atoms with E-state index in [1.54, 1.807) is 0 Å². The molecule has 1 N–H and O–H groups in total. The molecule has 1 atom stereocenters. The van der Waals surface area contributed by atoms with E-state index in [1.165, 1.54) is 25.9 Å². The lowest BCUT2D eigenvalue weighted by molar-refractivity contribution is 0.167. The highest BCUT2D eigenvalue weighted by Crippen LogP contribution is 2.23. The summed E-state index contributed by atoms with van der Waals surface area (Å²) in [5, 5.41) is 3.47. The molecule has 1 aliphatic rings. The van der Waals surface area contributed by atoms with E-state index in [9.17, 15) is 0 Å². The van der Waals surface area contributed by atoms with Crippen LogP contribution < -0.4 is 5.32 Å². The Kier molecular flexibility index (Phi) is 4.20. The van der Waals surface area contributed by atoms with Gasteiger partial charge < -0.3 is 10.2 Å². The molecule has 78 valence electrons. The third-order valence-corrected chi connectivity index (χ3v) is 3.32. The first-order valence-electron chi connectivity index (χ1n) is 5.51. The minimum atomic E-state index is 0.716. The lowest BCUT2D eigenvalue weighted by Crippen LogP contribution is -2.43. The Balaban J connectivity index is 2.41. The van der Waals surface area contributed by atoms with Crippen LogP contribution in [0.2, 0.25) is 0 Å². The van der Waals surface area contributed by atoms with Gasteiger partial charge in [-0.2, -0.15) is 0 Å². The minimum Gasteiger partial charge on any atom is -0.316 e. The SMILES string of the molecule is CNC(C(C)C)C1CCN(C)CC1. The minimum absolute atomic E-state index is 0.716. The Labute approximate surface area is 82.7 Å². The number of hydrogen-bond acceptors (Lipinski definition) is 2. The topological polar surface area (TPSA) is 15.3 Å². The van der Waals surface area contributed by atoms with Crippen molar-refractivity contribution in [3.05, 3.63) is 0 Å². The highest BCUT2D eigenvalue weighted by molar-refractivity contribution is 4.82. The zero-order valence-electron chi connectivity index (χ0n) is 9.51. The van der Waals surface area contributed by atoms with Gasteiger partial charge in [0.25, 0.3) is 0 Å². The highest BCUT2D eigenvalue weighted by Gasteiger charge is 2.25. The fourth-order valence-corrected chi connectivity index (χ4v) is 2.50. The van der Waals surface area contributed by atoms with Crippen molar-refractivity contribution in [3.8, 4) is 0 Å². The third kappa shape index (κ3) is 2.96. The first-order valence-corrected chi connectivity index (χ1v) is 5.51. The van der Waals surface area contributed by atoms with Crippen molar-refractivity contribution < 1.29 is 0 Å². The summed E-state index contributed by atoms with van der Waals surface area (Å²) in [6.07, 6.45) is 2.72. The average Bonchev–Trinajstić information content (AvgIpc) is 2.09. The summed E-state index contributed by atoms with van der Waals surface area (Å²) in [5.74, 6) is 1.65. The van der Waals surface area contributed by atoms with Crippen LogP contribution in [0.5, 0.6) is 0 Å². The Hall–Kier alpha value is -0.0800. The van der Waals surface area contributed by atoms with Gasteiger partial charge in [0.05, 0.1) is 0 Å². The molecule has 0 aromatic heterocycles. The molecule has 0 aliphatic carbocycles. The molecule has 1 unspecified atom stereocenters. The largest absolute Gasteiger partial charge is 0.316 e. The maximum Gasteiger partial charge on any atom is 0.0116 e. The van der Waals surface area contributed by atoms with Crippen LogP contribution in [-0.4, -0.2) is 38.1 Å². The number of hydrogen-bond donors (Lipinski definition) is 1. The summed E-state index contributed by atoms with van der Waals surface area (Å²) in [7, 11) is 4.32. The number of nitrogens with zero attached hydrogens (tertiary/aromatic N) is 1. The van der Waals surface area contributed by atoms with Crippen LogP contribution in [0.3, 0.4) is 0 Å². The maximum atomic E-state index is 3.47. The highest BCUT2D eigenvalue weighted by atomic mass is 15.1. The lowest BCUT2D eigenvalue weighted by Gasteiger charge is -2.36. The predicted molar refractivity (Wildman–Crippen MR) is 57.9 cm³/mol. The van der Waals surface area contributed by atoms with Crippen molar-refractivity contribution >= 4 is 0 Å². The molecule has 1 aliphatic heterocycles. The Morgan fingerprint density at radius 3 is 2.15 bits per heavy atom. The fourth-order valence-electron chi connectivity index (χ4n) is 2.50. The van der Waals surface area contributed by atoms with Crippen LogP contribution in [0.25, 0.3) is 0 Å². The normalized spacial score (nSPS) is 23.8. The van der Waals surface area contributed by atoms with E-state index in [0.29, 0.717) is 6.04 Å². The van der Waals surface area contributed by atoms with Crippen molar-refractivity contribution in [1.82, 2.24) is 10.2 Å². The van der Waals surface area contributed by atoms with Crippen molar-refractivity contribution in [1.29, 1.82) is 0 Å². The molecule has 1 saturated heterocycles. The average molecular weight is 184 g/mol. The first kappa shape index (κ1) is 11.0. The molecule has 2 heteroatoms. The van der Waals surface area contributed by atoms with E-state index >= 15 is 0 Å². The molecule has 2 nitrogen and oxygen atoms in total. The second-order valence-electron chi connectivity index (χ2n) is 4.70. The molecule has 1 fully saturated rings. The molecule has 0 saturated carbocycles. The van der Waals surface area contributed by atoms with E-state index in [2.05, 4.69) is 38.2 Å². The molecule has 13 heavy (non-hydrogen) atoms. The van der Waals surface area contributed by atoms with E-state index in [4.69, 9.17) is 0 Å². The smallest absolute Gasteiger partial charge is 0.0116 e. The number of rotatable bonds is 3. The maximum absolute atomic E-state index is 3.47. The molecule has 0 amide bonds. The summed E-state index contributed by atoms with van der Waals surface area (Å²) in [6.45, 7) is 7.18. The fraction of sp³-hybridized carbons (Fsp3) is 1.00. The van der Waals surface area contributed by atoms with Crippen LogP contribution >= 0.6 is 0 Å². The Morgan fingerprint density at radius 2 is 1.77 bits per heavy atom. The number of nitrogens with one attached hydrogen (secondary N) is 1. The van der Waals surface area contributed by atoms with Crippen LogP contribution in [0.1, 0.15) is 26.7 Å². The molecule has 1 rings (SSSR count). The monoisotopic (exact) mass is 184 g/mol. The van der Waals surface area contributed by atoms with Crippen LogP contribution in [0.15, 0.2) is 0 Å². The quantitative estimate of drug-likeness (QED) is 0.716. The van der Waals surface area contributed by atoms with Gasteiger partial charge in [-0.3, -0.25) is 0 Å². The molecule has 0 bridgehead atoms. The van der Waals surface area contributed by atoms with Gasteiger partial charge >= 0.3 is 0 Å². The summed E-state index contributed by atoms with van der Waals surface area (Å²) in [4.78, 5) is 2.43. The standard InChI is InChI=1S/C11H24N2/c1-9(2)11(12-3)10-5-7-13(4)8-6-10/h9-12H,5-8H2,1-4H3. The van der Waals surface area contributed by atoms with Gasteiger partial charge in [0.2, 0.25) is 0 Å². The van der Waals surface area contributed by atoms with Crippen molar-refractivity contribution in [2.75, 3.05) is 27.2 Å². The van der Waals surface area contributed by atoms with Crippen LogP contribution in [0.4, 0.5) is 0 Å².